The Labute approximate surface area is 128 Å². The predicted molar refractivity (Wildman–Crippen MR) is 21.4 cm³/mol. The molecule has 0 saturated heterocycles. The van der Waals surface area contributed by atoms with Gasteiger partial charge in [-0.25, -0.2) is 0 Å². The Morgan fingerprint density at radius 3 is 0.750 bits per heavy atom. The van der Waals surface area contributed by atoms with Gasteiger partial charge in [0.1, 0.15) is 0 Å². The molecule has 0 saturated carbocycles. The molecule has 0 aliphatic carbocycles. The van der Waals surface area contributed by atoms with Gasteiger partial charge in [0.05, 0.1) is 0 Å². The molecule has 0 unspecified atom stereocenters. The Bertz CT molecular complexity index is 6.00. The first-order chi connectivity index (χ1) is 0. The molecule has 0 radical (unpaired) electrons. The van der Waals surface area contributed by atoms with Crippen LogP contribution in [0.15, 0.2) is 0 Å². The standard InChI is InChI=1S/K.2Na.Ti.3H. The number of hydrogen-bond acceptors (Lipinski definition) is 0. The van der Waals surface area contributed by atoms with E-state index in [4.69, 9.17) is 0 Å². The van der Waals surface area contributed by atoms with Crippen LogP contribution in [0.5, 0.6) is 0 Å². The summed E-state index contributed by atoms with van der Waals surface area (Å²) >= 11 is 0. The Balaban J connectivity index is 0. The SMILES string of the molecule is [KH].[NaH].[NaH].[Ti]. The molecule has 4 heteroatoms. The summed E-state index contributed by atoms with van der Waals surface area (Å²) in [4.78, 5) is 0. The van der Waals surface area contributed by atoms with E-state index in [2.05, 4.69) is 0 Å². The van der Waals surface area contributed by atoms with Gasteiger partial charge in [-0.3, -0.25) is 0 Å². The van der Waals surface area contributed by atoms with E-state index in [1.54, 1.807) is 0 Å². The van der Waals surface area contributed by atoms with Crippen molar-refractivity contribution in [3.05, 3.63) is 0 Å². The molecule has 0 spiro atoms. The van der Waals surface area contributed by atoms with Crippen LogP contribution in [0.1, 0.15) is 0 Å². The van der Waals surface area contributed by atoms with Gasteiger partial charge in [0, 0.05) is 21.7 Å². The molecule has 0 amide bonds. The van der Waals surface area contributed by atoms with Gasteiger partial charge in [0.2, 0.25) is 0 Å². The average molecular weight is 136 g/mol. The average Bonchev–Trinajstić information content (AvgIpc) is 0. The van der Waals surface area contributed by atoms with Crippen LogP contribution in [0.25, 0.3) is 0 Å². The van der Waals surface area contributed by atoms with Crippen LogP contribution in [-0.4, -0.2) is 110 Å². The Morgan fingerprint density at radius 2 is 0.750 bits per heavy atom. The summed E-state index contributed by atoms with van der Waals surface area (Å²) in [6, 6.07) is 0. The fourth-order valence-electron chi connectivity index (χ4n) is 0. The zero-order valence-electron chi connectivity index (χ0n) is 0.500. The molecule has 0 bridgehead atoms. The van der Waals surface area contributed by atoms with Crippen molar-refractivity contribution in [3.8, 4) is 0 Å². The molecule has 0 aromatic rings. The third kappa shape index (κ3) is 9.61. The van der Waals surface area contributed by atoms with E-state index in [0.29, 0.717) is 0 Å². The van der Waals surface area contributed by atoms with Crippen molar-refractivity contribution < 1.29 is 21.7 Å². The van der Waals surface area contributed by atoms with Crippen molar-refractivity contribution in [1.82, 2.24) is 0 Å². The molecule has 0 aromatic carbocycles. The van der Waals surface area contributed by atoms with Gasteiger partial charge in [-0.05, 0) is 0 Å². The van der Waals surface area contributed by atoms with Crippen LogP contribution in [0.3, 0.4) is 0 Å². The first-order valence-corrected chi connectivity index (χ1v) is 0. The second-order valence-corrected chi connectivity index (χ2v) is 0. The topological polar surface area (TPSA) is 0 Å². The first-order valence-electron chi connectivity index (χ1n) is 0. The summed E-state index contributed by atoms with van der Waals surface area (Å²) in [5.41, 5.74) is 0. The van der Waals surface area contributed by atoms with Gasteiger partial charge in [-0.2, -0.15) is 0 Å². The van der Waals surface area contributed by atoms with Gasteiger partial charge in [0.15, 0.2) is 0 Å². The minimum atomic E-state index is 0. The molecule has 0 heterocycles. The fraction of sp³-hybridized carbons (Fsp3) is 0. The summed E-state index contributed by atoms with van der Waals surface area (Å²) in [6.07, 6.45) is 0. The van der Waals surface area contributed by atoms with Crippen molar-refractivity contribution in [1.29, 1.82) is 0 Å². The minimum absolute atomic E-state index is 0. The molecule has 0 rings (SSSR count). The summed E-state index contributed by atoms with van der Waals surface area (Å²) in [5, 5.41) is 0. The Kier molecular flexibility index (Phi) is 93.3. The molecule has 0 aromatic heterocycles. The summed E-state index contributed by atoms with van der Waals surface area (Å²) in [6.45, 7) is 0. The van der Waals surface area contributed by atoms with Crippen LogP contribution in [0, 0.1) is 0 Å². The van der Waals surface area contributed by atoms with Gasteiger partial charge >= 0.3 is 110 Å². The summed E-state index contributed by atoms with van der Waals surface area (Å²) in [7, 11) is 0. The quantitative estimate of drug-likeness (QED) is 0.339. The maximum absolute atomic E-state index is 0. The molecular weight excluding hydrogens is 133 g/mol. The molecule has 0 N–H and O–H groups in total. The molecule has 0 aliphatic rings. The van der Waals surface area contributed by atoms with Crippen molar-refractivity contribution in [3.63, 3.8) is 0 Å². The molecule has 10 valence electrons. The summed E-state index contributed by atoms with van der Waals surface area (Å²) in [5.74, 6) is 0. The second-order valence-electron chi connectivity index (χ2n) is 0. The maximum Gasteiger partial charge on any atom is 0 e. The third-order valence-electron chi connectivity index (χ3n) is 0. The zero-order chi connectivity index (χ0) is 0. The molecule has 0 atom stereocenters. The Hall–Kier alpha value is 4.35. The summed E-state index contributed by atoms with van der Waals surface area (Å²) < 4.78 is 0. The van der Waals surface area contributed by atoms with E-state index in [1.807, 2.05) is 0 Å². The smallest absolute Gasteiger partial charge is 0 e. The van der Waals surface area contributed by atoms with E-state index < -0.39 is 0 Å². The van der Waals surface area contributed by atoms with Crippen molar-refractivity contribution >= 4 is 110 Å². The Morgan fingerprint density at radius 1 is 0.750 bits per heavy atom. The van der Waals surface area contributed by atoms with Crippen LogP contribution < -0.4 is 0 Å². The zero-order valence-corrected chi connectivity index (χ0v) is 2.06. The molecule has 0 aliphatic heterocycles. The van der Waals surface area contributed by atoms with E-state index >= 15 is 0 Å². The second kappa shape index (κ2) is 15.7. The van der Waals surface area contributed by atoms with Crippen LogP contribution in [0.2, 0.25) is 0 Å². The van der Waals surface area contributed by atoms with E-state index in [-0.39, 0.29) is 132 Å². The van der Waals surface area contributed by atoms with Crippen molar-refractivity contribution in [2.45, 2.75) is 0 Å². The molecule has 0 fully saturated rings. The van der Waals surface area contributed by atoms with E-state index in [1.165, 1.54) is 0 Å². The maximum atomic E-state index is 0. The van der Waals surface area contributed by atoms with Gasteiger partial charge in [-0.15, -0.1) is 0 Å². The molecule has 0 nitrogen and oxygen atoms in total. The van der Waals surface area contributed by atoms with Gasteiger partial charge in [-0.1, -0.05) is 0 Å². The van der Waals surface area contributed by atoms with E-state index in [9.17, 15) is 0 Å². The monoisotopic (exact) mass is 136 g/mol. The first kappa shape index (κ1) is 23.8. The molecule has 4 heavy (non-hydrogen) atoms. The predicted octanol–water partition coefficient (Wildman–Crippen LogP) is -1.95. The van der Waals surface area contributed by atoms with Crippen LogP contribution >= 0.6 is 0 Å². The van der Waals surface area contributed by atoms with Crippen LogP contribution in [-0.2, 0) is 21.7 Å². The fourth-order valence-corrected chi connectivity index (χ4v) is 0. The largest absolute Gasteiger partial charge is 0 e. The van der Waals surface area contributed by atoms with Crippen LogP contribution in [0.4, 0.5) is 0 Å². The number of rotatable bonds is 0. The molecular formula is H3KNa2Ti. The van der Waals surface area contributed by atoms with E-state index in [0.717, 1.165) is 0 Å². The van der Waals surface area contributed by atoms with Gasteiger partial charge < -0.3 is 0 Å². The van der Waals surface area contributed by atoms with Crippen molar-refractivity contribution in [2.24, 2.45) is 0 Å². The normalized spacial score (nSPS) is 0. The van der Waals surface area contributed by atoms with Crippen molar-refractivity contribution in [2.75, 3.05) is 0 Å². The van der Waals surface area contributed by atoms with Gasteiger partial charge in [0.25, 0.3) is 0 Å². The minimum Gasteiger partial charge on any atom is 0 e. The third-order valence-corrected chi connectivity index (χ3v) is 0. The number of hydrogen-bond donors (Lipinski definition) is 0.